The number of hydrogen-bond donors (Lipinski definition) is 1. The number of benzene rings is 4. The van der Waals surface area contributed by atoms with E-state index in [-0.39, 0.29) is 10.6 Å². The standard InChI is InChI=1S/C22H13Cl2FN2OS/c1-29(28)12-6-8-14-13-7-5-11(23)9-15(13)20-21(16(14)10-12)27-22(26-20)19-17(24)3-2-4-18(19)25/h2-10H,1H3,(H,26,27). The lowest BCUT2D eigenvalue weighted by Crippen LogP contribution is -1.89. The summed E-state index contributed by atoms with van der Waals surface area (Å²) in [6, 6.07) is 15.8. The van der Waals surface area contributed by atoms with E-state index in [0.717, 1.165) is 27.1 Å². The van der Waals surface area contributed by atoms with Gasteiger partial charge in [-0.05, 0) is 47.2 Å². The molecule has 1 aromatic heterocycles. The minimum atomic E-state index is -1.14. The SMILES string of the molecule is CS(=O)c1ccc2c3ccc(Cl)cc3c3[nH]c(-c4c(F)cccc4Cl)nc3c2c1. The molecule has 1 N–H and O–H groups in total. The van der Waals surface area contributed by atoms with E-state index in [9.17, 15) is 8.60 Å². The van der Waals surface area contributed by atoms with Gasteiger partial charge in [0.1, 0.15) is 11.6 Å². The van der Waals surface area contributed by atoms with E-state index in [1.807, 2.05) is 36.4 Å². The summed E-state index contributed by atoms with van der Waals surface area (Å²) in [5.74, 6) is -0.126. The molecule has 4 aromatic carbocycles. The third-order valence-corrected chi connectivity index (χ3v) is 6.49. The number of aromatic nitrogens is 2. The first-order chi connectivity index (χ1) is 13.9. The number of halogens is 3. The van der Waals surface area contributed by atoms with Gasteiger partial charge in [-0.3, -0.25) is 4.21 Å². The highest BCUT2D eigenvalue weighted by Gasteiger charge is 2.18. The number of H-pyrrole nitrogens is 1. The Balaban J connectivity index is 1.98. The van der Waals surface area contributed by atoms with E-state index in [4.69, 9.17) is 28.2 Å². The quantitative estimate of drug-likeness (QED) is 0.308. The molecule has 1 heterocycles. The highest BCUT2D eigenvalue weighted by Crippen LogP contribution is 2.38. The zero-order valence-corrected chi connectivity index (χ0v) is 17.4. The van der Waals surface area contributed by atoms with E-state index in [1.165, 1.54) is 6.07 Å². The summed E-state index contributed by atoms with van der Waals surface area (Å²) in [6.45, 7) is 0. The second kappa shape index (κ2) is 6.80. The lowest BCUT2D eigenvalue weighted by molar-refractivity contribution is 0.630. The predicted octanol–water partition coefficient (Wildman–Crippen LogP) is 6.72. The second-order valence-electron chi connectivity index (χ2n) is 6.76. The number of rotatable bonds is 2. The van der Waals surface area contributed by atoms with Crippen LogP contribution in [-0.2, 0) is 10.8 Å². The molecular weight excluding hydrogens is 430 g/mol. The Morgan fingerprint density at radius 2 is 1.72 bits per heavy atom. The molecule has 5 rings (SSSR count). The van der Waals surface area contributed by atoms with Crippen molar-refractivity contribution >= 4 is 66.6 Å². The van der Waals surface area contributed by atoms with Crippen molar-refractivity contribution in [1.29, 1.82) is 0 Å². The van der Waals surface area contributed by atoms with Gasteiger partial charge >= 0.3 is 0 Å². The van der Waals surface area contributed by atoms with Gasteiger partial charge in [0.25, 0.3) is 0 Å². The molecule has 29 heavy (non-hydrogen) atoms. The van der Waals surface area contributed by atoms with Crippen LogP contribution in [0.15, 0.2) is 59.5 Å². The number of imidazole rings is 1. The summed E-state index contributed by atoms with van der Waals surface area (Å²) in [5, 5.41) is 4.49. The fourth-order valence-electron chi connectivity index (χ4n) is 3.70. The minimum absolute atomic E-state index is 0.212. The maximum atomic E-state index is 14.5. The average Bonchev–Trinajstić information content (AvgIpc) is 3.12. The van der Waals surface area contributed by atoms with Gasteiger partial charge in [-0.2, -0.15) is 0 Å². The molecule has 0 amide bonds. The Morgan fingerprint density at radius 3 is 2.48 bits per heavy atom. The summed E-state index contributed by atoms with van der Waals surface area (Å²) in [7, 11) is -1.14. The van der Waals surface area contributed by atoms with Gasteiger partial charge in [-0.15, -0.1) is 0 Å². The van der Waals surface area contributed by atoms with Crippen LogP contribution in [0.5, 0.6) is 0 Å². The van der Waals surface area contributed by atoms with Crippen molar-refractivity contribution in [2.75, 3.05) is 6.26 Å². The number of nitrogens with one attached hydrogen (secondary N) is 1. The Bertz CT molecular complexity index is 1460. The highest BCUT2D eigenvalue weighted by atomic mass is 35.5. The van der Waals surface area contributed by atoms with E-state index in [0.29, 0.717) is 21.3 Å². The van der Waals surface area contributed by atoms with Crippen molar-refractivity contribution in [2.24, 2.45) is 0 Å². The fraction of sp³-hybridized carbons (Fsp3) is 0.0455. The molecule has 0 fully saturated rings. The molecule has 0 spiro atoms. The van der Waals surface area contributed by atoms with Gasteiger partial charge in [0.15, 0.2) is 0 Å². The van der Waals surface area contributed by atoms with Crippen LogP contribution < -0.4 is 0 Å². The molecule has 144 valence electrons. The molecule has 0 bridgehead atoms. The zero-order valence-electron chi connectivity index (χ0n) is 15.1. The van der Waals surface area contributed by atoms with E-state index < -0.39 is 16.6 Å². The van der Waals surface area contributed by atoms with Gasteiger partial charge < -0.3 is 4.98 Å². The zero-order chi connectivity index (χ0) is 20.3. The van der Waals surface area contributed by atoms with Crippen molar-refractivity contribution in [1.82, 2.24) is 9.97 Å². The first kappa shape index (κ1) is 18.6. The summed E-state index contributed by atoms with van der Waals surface area (Å²) in [5.41, 5.74) is 1.59. The van der Waals surface area contributed by atoms with Crippen LogP contribution in [0.3, 0.4) is 0 Å². The molecular formula is C22H13Cl2FN2OS. The van der Waals surface area contributed by atoms with Crippen LogP contribution in [0.4, 0.5) is 4.39 Å². The molecule has 0 aliphatic rings. The van der Waals surface area contributed by atoms with E-state index in [1.54, 1.807) is 18.4 Å². The first-order valence-corrected chi connectivity index (χ1v) is 11.1. The average molecular weight is 443 g/mol. The molecule has 0 aliphatic heterocycles. The Labute approximate surface area is 177 Å². The molecule has 0 saturated carbocycles. The molecule has 1 unspecified atom stereocenters. The largest absolute Gasteiger partial charge is 0.337 e. The summed E-state index contributed by atoms with van der Waals surface area (Å²) in [4.78, 5) is 8.62. The maximum Gasteiger partial charge on any atom is 0.143 e. The Kier molecular flexibility index (Phi) is 4.35. The van der Waals surface area contributed by atoms with Gasteiger partial charge in [-0.25, -0.2) is 9.37 Å². The number of nitrogens with zero attached hydrogens (tertiary/aromatic N) is 1. The molecule has 0 saturated heterocycles. The monoisotopic (exact) mass is 442 g/mol. The van der Waals surface area contributed by atoms with Crippen molar-refractivity contribution in [2.45, 2.75) is 4.90 Å². The van der Waals surface area contributed by atoms with Gasteiger partial charge in [0.2, 0.25) is 0 Å². The van der Waals surface area contributed by atoms with Crippen LogP contribution in [0.2, 0.25) is 10.0 Å². The normalized spacial score (nSPS) is 12.8. The van der Waals surface area contributed by atoms with Gasteiger partial charge in [0, 0.05) is 37.7 Å². The lowest BCUT2D eigenvalue weighted by Gasteiger charge is -2.08. The van der Waals surface area contributed by atoms with Gasteiger partial charge in [0.05, 0.1) is 21.6 Å². The molecule has 7 heteroatoms. The van der Waals surface area contributed by atoms with Crippen LogP contribution >= 0.6 is 23.2 Å². The maximum absolute atomic E-state index is 14.5. The Morgan fingerprint density at radius 1 is 0.966 bits per heavy atom. The number of fused-ring (bicyclic) bond motifs is 6. The van der Waals surface area contributed by atoms with E-state index >= 15 is 0 Å². The molecule has 0 radical (unpaired) electrons. The smallest absolute Gasteiger partial charge is 0.143 e. The lowest BCUT2D eigenvalue weighted by atomic mass is 10.00. The van der Waals surface area contributed by atoms with Crippen molar-refractivity contribution in [3.8, 4) is 11.4 Å². The fourth-order valence-corrected chi connectivity index (χ4v) is 4.66. The van der Waals surface area contributed by atoms with Crippen LogP contribution in [0.25, 0.3) is 44.0 Å². The van der Waals surface area contributed by atoms with Gasteiger partial charge in [-0.1, -0.05) is 41.4 Å². The van der Waals surface area contributed by atoms with Crippen LogP contribution in [-0.4, -0.2) is 20.4 Å². The molecule has 0 aliphatic carbocycles. The topological polar surface area (TPSA) is 45.8 Å². The van der Waals surface area contributed by atoms with E-state index in [2.05, 4.69) is 4.98 Å². The number of aromatic amines is 1. The number of hydrogen-bond acceptors (Lipinski definition) is 2. The highest BCUT2D eigenvalue weighted by molar-refractivity contribution is 7.84. The minimum Gasteiger partial charge on any atom is -0.337 e. The predicted molar refractivity (Wildman–Crippen MR) is 119 cm³/mol. The van der Waals surface area contributed by atoms with Crippen LogP contribution in [0, 0.1) is 5.82 Å². The summed E-state index contributed by atoms with van der Waals surface area (Å²) in [6.07, 6.45) is 1.63. The third kappa shape index (κ3) is 2.92. The van der Waals surface area contributed by atoms with Crippen LogP contribution in [0.1, 0.15) is 0 Å². The molecule has 5 aromatic rings. The summed E-state index contributed by atoms with van der Waals surface area (Å²) < 4.78 is 26.6. The van der Waals surface area contributed by atoms with Crippen molar-refractivity contribution in [3.63, 3.8) is 0 Å². The Hall–Kier alpha value is -2.47. The van der Waals surface area contributed by atoms with Crippen molar-refractivity contribution in [3.05, 3.63) is 70.5 Å². The van der Waals surface area contributed by atoms with Crippen molar-refractivity contribution < 1.29 is 8.60 Å². The molecule has 3 nitrogen and oxygen atoms in total. The molecule has 1 atom stereocenters. The summed E-state index contributed by atoms with van der Waals surface area (Å²) >= 11 is 12.5. The first-order valence-electron chi connectivity index (χ1n) is 8.76. The second-order valence-corrected chi connectivity index (χ2v) is 8.98. The third-order valence-electron chi connectivity index (χ3n) is 5.02.